The molecule has 0 bridgehead atoms. The standard InChI is InChI=1S/C14H23F3N4/c1-10(2)21(9-14(15,16)17)12-7-6-11(19-20-12)8-18-13(3,4)5/h6-7,10,18H,8-9H2,1-5H3. The van der Waals surface area contributed by atoms with Crippen molar-refractivity contribution in [3.63, 3.8) is 0 Å². The lowest BCUT2D eigenvalue weighted by Crippen LogP contribution is -2.40. The number of hydrogen-bond acceptors (Lipinski definition) is 4. The molecule has 0 aliphatic rings. The van der Waals surface area contributed by atoms with E-state index in [0.717, 1.165) is 0 Å². The minimum absolute atomic E-state index is 0.0550. The molecule has 1 aromatic heterocycles. The van der Waals surface area contributed by atoms with Crippen molar-refractivity contribution in [3.8, 4) is 0 Å². The highest BCUT2D eigenvalue weighted by Gasteiger charge is 2.32. The van der Waals surface area contributed by atoms with E-state index >= 15 is 0 Å². The lowest BCUT2D eigenvalue weighted by atomic mass is 10.1. The Hall–Kier alpha value is -1.37. The van der Waals surface area contributed by atoms with Crippen molar-refractivity contribution < 1.29 is 13.2 Å². The third kappa shape index (κ3) is 6.75. The van der Waals surface area contributed by atoms with Crippen LogP contribution < -0.4 is 10.2 Å². The second-order valence-corrected chi connectivity index (χ2v) is 6.32. The third-order valence-corrected chi connectivity index (χ3v) is 2.77. The van der Waals surface area contributed by atoms with Gasteiger partial charge in [-0.05, 0) is 46.8 Å². The summed E-state index contributed by atoms with van der Waals surface area (Å²) in [7, 11) is 0. The van der Waals surface area contributed by atoms with Crippen LogP contribution in [0.5, 0.6) is 0 Å². The molecule has 0 fully saturated rings. The highest BCUT2D eigenvalue weighted by atomic mass is 19.4. The average Bonchev–Trinajstić information content (AvgIpc) is 2.32. The van der Waals surface area contributed by atoms with Crippen LogP contribution in [0.4, 0.5) is 19.0 Å². The van der Waals surface area contributed by atoms with Crippen molar-refractivity contribution >= 4 is 5.82 Å². The number of alkyl halides is 3. The summed E-state index contributed by atoms with van der Waals surface area (Å²) in [6, 6.07) is 2.98. The minimum atomic E-state index is -4.27. The van der Waals surface area contributed by atoms with Gasteiger partial charge in [0.1, 0.15) is 6.54 Å². The predicted molar refractivity (Wildman–Crippen MR) is 77.2 cm³/mol. The molecule has 21 heavy (non-hydrogen) atoms. The Kier molecular flexibility index (Phi) is 5.55. The van der Waals surface area contributed by atoms with Crippen LogP contribution in [0, 0.1) is 0 Å². The van der Waals surface area contributed by atoms with Gasteiger partial charge in [0.2, 0.25) is 0 Å². The third-order valence-electron chi connectivity index (χ3n) is 2.77. The fourth-order valence-corrected chi connectivity index (χ4v) is 1.68. The molecule has 0 aliphatic heterocycles. The molecule has 0 aromatic carbocycles. The first kappa shape index (κ1) is 17.7. The second kappa shape index (κ2) is 6.60. The first-order valence-corrected chi connectivity index (χ1v) is 6.89. The molecule has 7 heteroatoms. The van der Waals surface area contributed by atoms with E-state index in [1.54, 1.807) is 26.0 Å². The molecule has 1 rings (SSSR count). The highest BCUT2D eigenvalue weighted by Crippen LogP contribution is 2.22. The quantitative estimate of drug-likeness (QED) is 0.907. The largest absolute Gasteiger partial charge is 0.405 e. The molecule has 1 aromatic rings. The summed E-state index contributed by atoms with van der Waals surface area (Å²) in [5.74, 6) is 0.238. The molecule has 0 unspecified atom stereocenters. The van der Waals surface area contributed by atoms with E-state index in [1.807, 2.05) is 20.8 Å². The van der Waals surface area contributed by atoms with Crippen LogP contribution in [0.1, 0.15) is 40.3 Å². The maximum Gasteiger partial charge on any atom is 0.405 e. The molecule has 0 saturated heterocycles. The number of halogens is 3. The zero-order chi connectivity index (χ0) is 16.3. The first-order valence-electron chi connectivity index (χ1n) is 6.89. The van der Waals surface area contributed by atoms with E-state index in [4.69, 9.17) is 0 Å². The summed E-state index contributed by atoms with van der Waals surface area (Å²) in [4.78, 5) is 1.19. The number of rotatable bonds is 5. The fourth-order valence-electron chi connectivity index (χ4n) is 1.68. The van der Waals surface area contributed by atoms with E-state index in [9.17, 15) is 13.2 Å². The van der Waals surface area contributed by atoms with Gasteiger partial charge in [0, 0.05) is 18.1 Å². The van der Waals surface area contributed by atoms with Gasteiger partial charge in [0.05, 0.1) is 5.69 Å². The molecule has 0 spiro atoms. The normalized spacial score (nSPS) is 12.8. The zero-order valence-electron chi connectivity index (χ0n) is 13.1. The molecular formula is C14H23F3N4. The van der Waals surface area contributed by atoms with Crippen molar-refractivity contribution in [1.82, 2.24) is 15.5 Å². The van der Waals surface area contributed by atoms with Crippen LogP contribution in [0.25, 0.3) is 0 Å². The highest BCUT2D eigenvalue weighted by molar-refractivity contribution is 5.38. The van der Waals surface area contributed by atoms with Crippen LogP contribution in [0.3, 0.4) is 0 Å². The molecule has 0 atom stereocenters. The molecule has 0 saturated carbocycles. The Labute approximate surface area is 123 Å². The van der Waals surface area contributed by atoms with Gasteiger partial charge in [0.25, 0.3) is 0 Å². The molecule has 0 aliphatic carbocycles. The monoisotopic (exact) mass is 304 g/mol. The number of nitrogens with zero attached hydrogens (tertiary/aromatic N) is 3. The van der Waals surface area contributed by atoms with E-state index < -0.39 is 12.7 Å². The maximum atomic E-state index is 12.6. The summed E-state index contributed by atoms with van der Waals surface area (Å²) in [6.07, 6.45) is -4.27. The summed E-state index contributed by atoms with van der Waals surface area (Å²) >= 11 is 0. The van der Waals surface area contributed by atoms with Gasteiger partial charge in [-0.25, -0.2) is 0 Å². The van der Waals surface area contributed by atoms with Gasteiger partial charge in [-0.1, -0.05) is 0 Å². The minimum Gasteiger partial charge on any atom is -0.344 e. The van der Waals surface area contributed by atoms with E-state index in [0.29, 0.717) is 12.2 Å². The van der Waals surface area contributed by atoms with Crippen molar-refractivity contribution in [3.05, 3.63) is 17.8 Å². The van der Waals surface area contributed by atoms with Gasteiger partial charge >= 0.3 is 6.18 Å². The zero-order valence-corrected chi connectivity index (χ0v) is 13.1. The summed E-state index contributed by atoms with van der Waals surface area (Å²) in [6.45, 7) is 8.97. The van der Waals surface area contributed by atoms with Crippen LogP contribution in [-0.4, -0.2) is 34.5 Å². The van der Waals surface area contributed by atoms with Gasteiger partial charge < -0.3 is 10.2 Å². The number of anilines is 1. The van der Waals surface area contributed by atoms with E-state index in [-0.39, 0.29) is 17.4 Å². The van der Waals surface area contributed by atoms with Gasteiger partial charge in [-0.15, -0.1) is 5.10 Å². The lowest BCUT2D eigenvalue weighted by Gasteiger charge is -2.28. The number of nitrogens with one attached hydrogen (secondary N) is 1. The van der Waals surface area contributed by atoms with E-state index in [2.05, 4.69) is 15.5 Å². The Morgan fingerprint density at radius 1 is 1.14 bits per heavy atom. The molecule has 0 amide bonds. The summed E-state index contributed by atoms with van der Waals surface area (Å²) in [5.41, 5.74) is 0.644. The molecular weight excluding hydrogens is 281 g/mol. The van der Waals surface area contributed by atoms with Crippen LogP contribution in [0.2, 0.25) is 0 Å². The average molecular weight is 304 g/mol. The summed E-state index contributed by atoms with van der Waals surface area (Å²) in [5, 5.41) is 11.2. The summed E-state index contributed by atoms with van der Waals surface area (Å²) < 4.78 is 37.7. The van der Waals surface area contributed by atoms with Crippen molar-refractivity contribution in [2.45, 2.75) is 58.9 Å². The smallest absolute Gasteiger partial charge is 0.344 e. The van der Waals surface area contributed by atoms with Gasteiger partial charge in [-0.2, -0.15) is 18.3 Å². The Morgan fingerprint density at radius 2 is 1.76 bits per heavy atom. The molecule has 0 radical (unpaired) electrons. The Bertz CT molecular complexity index is 435. The lowest BCUT2D eigenvalue weighted by molar-refractivity contribution is -0.120. The Balaban J connectivity index is 2.79. The van der Waals surface area contributed by atoms with Crippen LogP contribution in [-0.2, 0) is 6.54 Å². The second-order valence-electron chi connectivity index (χ2n) is 6.32. The number of hydrogen-bond donors (Lipinski definition) is 1. The van der Waals surface area contributed by atoms with Crippen LogP contribution >= 0.6 is 0 Å². The molecule has 4 nitrogen and oxygen atoms in total. The topological polar surface area (TPSA) is 41.0 Å². The fraction of sp³-hybridized carbons (Fsp3) is 0.714. The van der Waals surface area contributed by atoms with Crippen molar-refractivity contribution in [1.29, 1.82) is 0 Å². The van der Waals surface area contributed by atoms with Crippen molar-refractivity contribution in [2.75, 3.05) is 11.4 Å². The predicted octanol–water partition coefficient (Wildman–Crippen LogP) is 3.14. The van der Waals surface area contributed by atoms with Gasteiger partial charge in [-0.3, -0.25) is 0 Å². The molecule has 120 valence electrons. The van der Waals surface area contributed by atoms with Crippen molar-refractivity contribution in [2.24, 2.45) is 0 Å². The maximum absolute atomic E-state index is 12.6. The first-order chi connectivity index (χ1) is 9.48. The van der Waals surface area contributed by atoms with Gasteiger partial charge in [0.15, 0.2) is 5.82 Å². The number of aromatic nitrogens is 2. The van der Waals surface area contributed by atoms with Crippen LogP contribution in [0.15, 0.2) is 12.1 Å². The SMILES string of the molecule is CC(C)N(CC(F)(F)F)c1ccc(CNC(C)(C)C)nn1. The Morgan fingerprint density at radius 3 is 2.14 bits per heavy atom. The van der Waals surface area contributed by atoms with E-state index in [1.165, 1.54) is 4.90 Å². The molecule has 1 N–H and O–H groups in total. The molecule has 1 heterocycles.